The Balaban J connectivity index is 1.27. The van der Waals surface area contributed by atoms with Crippen molar-refractivity contribution in [3.05, 3.63) is 34.0 Å². The number of thiazole rings is 1. The van der Waals surface area contributed by atoms with E-state index in [1.807, 2.05) is 30.6 Å². The predicted molar refractivity (Wildman–Crippen MR) is 94.3 cm³/mol. The number of rotatable bonds is 4. The lowest BCUT2D eigenvalue weighted by atomic mass is 9.92. The Morgan fingerprint density at radius 3 is 3.00 bits per heavy atom. The summed E-state index contributed by atoms with van der Waals surface area (Å²) in [6.45, 7) is 4.21. The van der Waals surface area contributed by atoms with Crippen molar-refractivity contribution in [2.45, 2.75) is 30.8 Å². The number of carbonyl (C=O) groups excluding carboxylic acids is 1. The first kappa shape index (κ1) is 16.1. The molecule has 128 valence electrons. The van der Waals surface area contributed by atoms with Gasteiger partial charge in [0.2, 0.25) is 0 Å². The summed E-state index contributed by atoms with van der Waals surface area (Å²) < 4.78 is 7.87. The molecule has 0 radical (unpaired) electrons. The first-order valence-electron chi connectivity index (χ1n) is 7.97. The fraction of sp³-hybridized carbons (Fsp3) is 0.562. The average molecular weight is 364 g/mol. The predicted octanol–water partition coefficient (Wildman–Crippen LogP) is 2.10. The van der Waals surface area contributed by atoms with Crippen LogP contribution in [0, 0.1) is 6.92 Å². The second-order valence-electron chi connectivity index (χ2n) is 6.55. The van der Waals surface area contributed by atoms with E-state index in [9.17, 15) is 4.79 Å². The van der Waals surface area contributed by atoms with Crippen LogP contribution in [0.3, 0.4) is 0 Å². The zero-order chi connectivity index (χ0) is 16.7. The molecular weight excluding hydrogens is 344 g/mol. The van der Waals surface area contributed by atoms with E-state index in [-0.39, 0.29) is 16.8 Å². The van der Waals surface area contributed by atoms with Gasteiger partial charge in [-0.1, -0.05) is 0 Å². The SMILES string of the molecule is Cc1nc(CO[C@H]2CSC3(C2)CN(C(=O)c2cnn(C)c2)C3)cs1. The van der Waals surface area contributed by atoms with Crippen LogP contribution in [0.4, 0.5) is 0 Å². The van der Waals surface area contributed by atoms with E-state index >= 15 is 0 Å². The summed E-state index contributed by atoms with van der Waals surface area (Å²) in [4.78, 5) is 18.8. The molecule has 4 rings (SSSR count). The van der Waals surface area contributed by atoms with E-state index in [1.165, 1.54) is 0 Å². The highest BCUT2D eigenvalue weighted by Gasteiger charge is 2.51. The molecule has 8 heteroatoms. The quantitative estimate of drug-likeness (QED) is 0.831. The molecule has 2 fully saturated rings. The van der Waals surface area contributed by atoms with Gasteiger partial charge in [-0.05, 0) is 13.3 Å². The van der Waals surface area contributed by atoms with Gasteiger partial charge in [-0.2, -0.15) is 5.10 Å². The molecule has 0 aromatic carbocycles. The van der Waals surface area contributed by atoms with Crippen molar-refractivity contribution in [1.29, 1.82) is 0 Å². The zero-order valence-corrected chi connectivity index (χ0v) is 15.4. The Morgan fingerprint density at radius 1 is 1.50 bits per heavy atom. The summed E-state index contributed by atoms with van der Waals surface area (Å²) in [6.07, 6.45) is 4.68. The third-order valence-corrected chi connectivity index (χ3v) is 6.90. The maximum Gasteiger partial charge on any atom is 0.257 e. The second-order valence-corrected chi connectivity index (χ2v) is 9.10. The fourth-order valence-electron chi connectivity index (χ4n) is 3.31. The monoisotopic (exact) mass is 364 g/mol. The molecule has 2 aliphatic heterocycles. The highest BCUT2D eigenvalue weighted by molar-refractivity contribution is 8.01. The molecule has 1 spiro atoms. The lowest BCUT2D eigenvalue weighted by Crippen LogP contribution is -2.60. The van der Waals surface area contributed by atoms with Crippen molar-refractivity contribution in [2.24, 2.45) is 7.05 Å². The fourth-order valence-corrected chi connectivity index (χ4v) is 5.46. The van der Waals surface area contributed by atoms with Gasteiger partial charge in [-0.25, -0.2) is 4.98 Å². The first-order chi connectivity index (χ1) is 11.5. The van der Waals surface area contributed by atoms with Gasteiger partial charge in [0, 0.05) is 37.5 Å². The van der Waals surface area contributed by atoms with Gasteiger partial charge in [-0.15, -0.1) is 23.1 Å². The van der Waals surface area contributed by atoms with E-state index < -0.39 is 0 Å². The Hall–Kier alpha value is -1.38. The molecule has 1 atom stereocenters. The number of hydrogen-bond acceptors (Lipinski definition) is 6. The third-order valence-electron chi connectivity index (χ3n) is 4.51. The van der Waals surface area contributed by atoms with Crippen molar-refractivity contribution >= 4 is 29.0 Å². The summed E-state index contributed by atoms with van der Waals surface area (Å²) in [6, 6.07) is 0. The molecule has 2 aromatic heterocycles. The number of aromatic nitrogens is 3. The minimum atomic E-state index is 0.0802. The number of amides is 1. The lowest BCUT2D eigenvalue weighted by Gasteiger charge is -2.47. The molecule has 2 aromatic rings. The number of hydrogen-bond donors (Lipinski definition) is 0. The molecule has 2 aliphatic rings. The van der Waals surface area contributed by atoms with Crippen LogP contribution in [0.1, 0.15) is 27.5 Å². The molecule has 0 aliphatic carbocycles. The number of thioether (sulfide) groups is 1. The molecule has 6 nitrogen and oxygen atoms in total. The van der Waals surface area contributed by atoms with Gasteiger partial charge in [0.1, 0.15) is 0 Å². The summed E-state index contributed by atoms with van der Waals surface area (Å²) in [5, 5.41) is 7.21. The van der Waals surface area contributed by atoms with Gasteiger partial charge < -0.3 is 9.64 Å². The van der Waals surface area contributed by atoms with E-state index in [2.05, 4.69) is 15.5 Å². The standard InChI is InChI=1S/C16H20N4O2S2/c1-11-18-13(7-23-11)6-22-14-3-16(24-8-14)9-20(10-16)15(21)12-4-17-19(2)5-12/h4-5,7,14H,3,6,8-10H2,1-2H3/t14-/m1/s1. The van der Waals surface area contributed by atoms with Crippen molar-refractivity contribution < 1.29 is 9.53 Å². The minimum absolute atomic E-state index is 0.0802. The van der Waals surface area contributed by atoms with Crippen LogP contribution in [0.25, 0.3) is 0 Å². The Morgan fingerprint density at radius 2 is 2.33 bits per heavy atom. The highest BCUT2D eigenvalue weighted by Crippen LogP contribution is 2.46. The molecule has 4 heterocycles. The van der Waals surface area contributed by atoms with Crippen LogP contribution in [0.15, 0.2) is 17.8 Å². The minimum Gasteiger partial charge on any atom is -0.371 e. The normalized spacial score (nSPS) is 22.1. The van der Waals surface area contributed by atoms with Crippen LogP contribution in [-0.2, 0) is 18.4 Å². The van der Waals surface area contributed by atoms with Crippen LogP contribution in [0.2, 0.25) is 0 Å². The summed E-state index contributed by atoms with van der Waals surface area (Å²) >= 11 is 3.60. The van der Waals surface area contributed by atoms with Gasteiger partial charge in [-0.3, -0.25) is 9.48 Å². The smallest absolute Gasteiger partial charge is 0.257 e. The van der Waals surface area contributed by atoms with E-state index in [1.54, 1.807) is 28.4 Å². The van der Waals surface area contributed by atoms with Crippen molar-refractivity contribution in [1.82, 2.24) is 19.7 Å². The summed E-state index contributed by atoms with van der Waals surface area (Å²) in [7, 11) is 1.83. The molecule has 24 heavy (non-hydrogen) atoms. The molecule has 2 saturated heterocycles. The topological polar surface area (TPSA) is 60.2 Å². The summed E-state index contributed by atoms with van der Waals surface area (Å²) in [5.74, 6) is 1.08. The molecular formula is C16H20N4O2S2. The van der Waals surface area contributed by atoms with Gasteiger partial charge in [0.05, 0.1) is 39.9 Å². The van der Waals surface area contributed by atoms with Crippen LogP contribution >= 0.6 is 23.1 Å². The second kappa shape index (κ2) is 6.16. The Labute approximate surface area is 149 Å². The largest absolute Gasteiger partial charge is 0.371 e. The van der Waals surface area contributed by atoms with E-state index in [0.717, 1.165) is 36.0 Å². The summed E-state index contributed by atoms with van der Waals surface area (Å²) in [5.41, 5.74) is 1.69. The van der Waals surface area contributed by atoms with E-state index in [0.29, 0.717) is 12.2 Å². The third kappa shape index (κ3) is 3.10. The maximum atomic E-state index is 12.4. The molecule has 1 amide bonds. The van der Waals surface area contributed by atoms with Gasteiger partial charge in [0.25, 0.3) is 5.91 Å². The molecule has 0 unspecified atom stereocenters. The Kier molecular flexibility index (Phi) is 4.14. The van der Waals surface area contributed by atoms with Crippen LogP contribution < -0.4 is 0 Å². The van der Waals surface area contributed by atoms with Gasteiger partial charge >= 0.3 is 0 Å². The first-order valence-corrected chi connectivity index (χ1v) is 9.84. The Bertz CT molecular complexity index is 751. The highest BCUT2D eigenvalue weighted by atomic mass is 32.2. The number of nitrogens with zero attached hydrogens (tertiary/aromatic N) is 4. The molecule has 0 saturated carbocycles. The average Bonchev–Trinajstić information content (AvgIpc) is 3.22. The van der Waals surface area contributed by atoms with Crippen LogP contribution in [0.5, 0.6) is 0 Å². The maximum absolute atomic E-state index is 12.4. The number of likely N-dealkylation sites (tertiary alicyclic amines) is 1. The van der Waals surface area contributed by atoms with Gasteiger partial charge in [0.15, 0.2) is 0 Å². The van der Waals surface area contributed by atoms with Crippen molar-refractivity contribution in [3.63, 3.8) is 0 Å². The number of carbonyl (C=O) groups is 1. The molecule has 0 N–H and O–H groups in total. The number of aryl methyl sites for hydroxylation is 2. The van der Waals surface area contributed by atoms with Crippen molar-refractivity contribution in [2.75, 3.05) is 18.8 Å². The van der Waals surface area contributed by atoms with Crippen molar-refractivity contribution in [3.8, 4) is 0 Å². The molecule has 0 bridgehead atoms. The zero-order valence-electron chi connectivity index (χ0n) is 13.8. The lowest BCUT2D eigenvalue weighted by molar-refractivity contribution is 0.0246. The van der Waals surface area contributed by atoms with Crippen LogP contribution in [-0.4, -0.2) is 55.3 Å². The number of ether oxygens (including phenoxy) is 1. The van der Waals surface area contributed by atoms with E-state index in [4.69, 9.17) is 4.74 Å².